The van der Waals surface area contributed by atoms with E-state index < -0.39 is 0 Å². The van der Waals surface area contributed by atoms with Gasteiger partial charge in [0.2, 0.25) is 0 Å². The highest BCUT2D eigenvalue weighted by molar-refractivity contribution is 5.46. The van der Waals surface area contributed by atoms with E-state index in [1.54, 1.807) is 0 Å². The van der Waals surface area contributed by atoms with E-state index in [2.05, 4.69) is 0 Å². The molecule has 0 bridgehead atoms. The van der Waals surface area contributed by atoms with E-state index >= 15 is 0 Å². The first-order valence-electron chi connectivity index (χ1n) is 4.32. The molecular formula is C10H16N2O. The van der Waals surface area contributed by atoms with Gasteiger partial charge in [-0.05, 0) is 25.0 Å². The molecule has 0 fully saturated rings. The number of phenols is 1. The molecule has 0 aliphatic rings. The van der Waals surface area contributed by atoms with Crippen molar-refractivity contribution < 1.29 is 5.11 Å². The van der Waals surface area contributed by atoms with E-state index in [-0.39, 0.29) is 11.8 Å². The highest BCUT2D eigenvalue weighted by Gasteiger charge is 2.13. The van der Waals surface area contributed by atoms with E-state index in [0.29, 0.717) is 6.54 Å². The van der Waals surface area contributed by atoms with Gasteiger partial charge in [0.1, 0.15) is 5.75 Å². The minimum Gasteiger partial charge on any atom is -0.507 e. The van der Waals surface area contributed by atoms with Gasteiger partial charge in [0, 0.05) is 18.2 Å². The second-order valence-corrected chi connectivity index (χ2v) is 3.30. The normalized spacial score (nSPS) is 12.9. The molecule has 1 rings (SSSR count). The third-order valence-corrected chi connectivity index (χ3v) is 2.26. The van der Waals surface area contributed by atoms with Crippen molar-refractivity contribution in [1.82, 2.24) is 0 Å². The molecule has 0 saturated carbocycles. The number of hydrogen-bond donors (Lipinski definition) is 3. The maximum absolute atomic E-state index is 9.74. The lowest BCUT2D eigenvalue weighted by atomic mass is 9.98. The summed E-state index contributed by atoms with van der Waals surface area (Å²) in [5.41, 5.74) is 13.8. The molecule has 0 unspecified atom stereocenters. The lowest BCUT2D eigenvalue weighted by molar-refractivity contribution is 0.457. The highest BCUT2D eigenvalue weighted by Crippen LogP contribution is 2.28. The summed E-state index contributed by atoms with van der Waals surface area (Å²) >= 11 is 0. The molecule has 3 nitrogen and oxygen atoms in total. The van der Waals surface area contributed by atoms with Crippen LogP contribution >= 0.6 is 0 Å². The number of nitrogens with two attached hydrogens (primary N) is 2. The largest absolute Gasteiger partial charge is 0.507 e. The second-order valence-electron chi connectivity index (χ2n) is 3.30. The minimum absolute atomic E-state index is 0.276. The van der Waals surface area contributed by atoms with Gasteiger partial charge in [0.25, 0.3) is 0 Å². The number of aryl methyl sites for hydroxylation is 2. The monoisotopic (exact) mass is 180 g/mol. The van der Waals surface area contributed by atoms with Crippen LogP contribution in [0.2, 0.25) is 0 Å². The van der Waals surface area contributed by atoms with Crippen LogP contribution in [0.3, 0.4) is 0 Å². The third-order valence-electron chi connectivity index (χ3n) is 2.26. The van der Waals surface area contributed by atoms with Crippen LogP contribution in [0, 0.1) is 13.8 Å². The highest BCUT2D eigenvalue weighted by atomic mass is 16.3. The molecule has 1 aromatic carbocycles. The molecule has 13 heavy (non-hydrogen) atoms. The molecule has 0 saturated heterocycles. The molecule has 1 aromatic rings. The fourth-order valence-corrected chi connectivity index (χ4v) is 1.40. The molecule has 0 aromatic heterocycles. The van der Waals surface area contributed by atoms with Crippen LogP contribution in [0.1, 0.15) is 22.7 Å². The molecule has 5 N–H and O–H groups in total. The number of rotatable bonds is 2. The maximum atomic E-state index is 9.74. The van der Waals surface area contributed by atoms with E-state index in [9.17, 15) is 5.11 Å². The zero-order valence-electron chi connectivity index (χ0n) is 8.04. The summed E-state index contributed by atoms with van der Waals surface area (Å²) in [4.78, 5) is 0. The topological polar surface area (TPSA) is 72.3 Å². The first-order chi connectivity index (χ1) is 6.07. The van der Waals surface area contributed by atoms with Gasteiger partial charge in [0.05, 0.1) is 0 Å². The fourth-order valence-electron chi connectivity index (χ4n) is 1.40. The summed E-state index contributed by atoms with van der Waals surface area (Å²) in [6.45, 7) is 4.11. The van der Waals surface area contributed by atoms with Gasteiger partial charge in [-0.25, -0.2) is 0 Å². The van der Waals surface area contributed by atoms with Gasteiger partial charge in [0.15, 0.2) is 0 Å². The Kier molecular flexibility index (Phi) is 2.90. The van der Waals surface area contributed by atoms with Crippen LogP contribution in [-0.4, -0.2) is 11.7 Å². The molecule has 1 atom stereocenters. The molecule has 0 aliphatic carbocycles. The summed E-state index contributed by atoms with van der Waals surface area (Å²) in [6, 6.07) is 3.54. The van der Waals surface area contributed by atoms with Gasteiger partial charge in [-0.3, -0.25) is 0 Å². The average Bonchev–Trinajstić information content (AvgIpc) is 2.12. The number of hydrogen-bond acceptors (Lipinski definition) is 3. The van der Waals surface area contributed by atoms with Crippen molar-refractivity contribution in [2.45, 2.75) is 19.9 Å². The molecule has 0 amide bonds. The first-order valence-corrected chi connectivity index (χ1v) is 4.32. The van der Waals surface area contributed by atoms with Crippen LogP contribution in [-0.2, 0) is 0 Å². The fraction of sp³-hybridized carbons (Fsp3) is 0.400. The first kappa shape index (κ1) is 10.0. The Balaban J connectivity index is 3.25. The van der Waals surface area contributed by atoms with Gasteiger partial charge < -0.3 is 16.6 Å². The van der Waals surface area contributed by atoms with Gasteiger partial charge >= 0.3 is 0 Å². The second kappa shape index (κ2) is 3.77. The van der Waals surface area contributed by atoms with E-state index in [1.807, 2.05) is 26.0 Å². The zero-order valence-corrected chi connectivity index (χ0v) is 8.04. The molecule has 0 spiro atoms. The van der Waals surface area contributed by atoms with Crippen molar-refractivity contribution in [2.24, 2.45) is 11.5 Å². The Bertz CT molecular complexity index is 310. The Hall–Kier alpha value is -1.06. The molecule has 72 valence electrons. The third kappa shape index (κ3) is 1.82. The Morgan fingerprint density at radius 2 is 1.85 bits per heavy atom. The number of benzene rings is 1. The van der Waals surface area contributed by atoms with Crippen LogP contribution in [0.25, 0.3) is 0 Å². The molecule has 0 heterocycles. The molecule has 0 aliphatic heterocycles. The summed E-state index contributed by atoms with van der Waals surface area (Å²) in [7, 11) is 0. The van der Waals surface area contributed by atoms with Crippen molar-refractivity contribution in [2.75, 3.05) is 6.54 Å². The van der Waals surface area contributed by atoms with Gasteiger partial charge in [-0.15, -0.1) is 0 Å². The molecule has 0 radical (unpaired) electrons. The number of aromatic hydroxyl groups is 1. The SMILES string of the molecule is Cc1ccc(C)c([C@H](N)CN)c1O. The van der Waals surface area contributed by atoms with Gasteiger partial charge in [-0.2, -0.15) is 0 Å². The Morgan fingerprint density at radius 1 is 1.31 bits per heavy atom. The smallest absolute Gasteiger partial charge is 0.123 e. The van der Waals surface area contributed by atoms with Crippen molar-refractivity contribution >= 4 is 0 Å². The van der Waals surface area contributed by atoms with Crippen molar-refractivity contribution in [1.29, 1.82) is 0 Å². The van der Waals surface area contributed by atoms with Crippen molar-refractivity contribution in [3.05, 3.63) is 28.8 Å². The van der Waals surface area contributed by atoms with E-state index in [0.717, 1.165) is 16.7 Å². The minimum atomic E-state index is -0.278. The van der Waals surface area contributed by atoms with Crippen LogP contribution < -0.4 is 11.5 Å². The molecular weight excluding hydrogens is 164 g/mol. The Labute approximate surface area is 78.4 Å². The predicted molar refractivity (Wildman–Crippen MR) is 53.6 cm³/mol. The zero-order chi connectivity index (χ0) is 10.0. The van der Waals surface area contributed by atoms with Crippen LogP contribution in [0.15, 0.2) is 12.1 Å². The quantitative estimate of drug-likeness (QED) is 0.635. The van der Waals surface area contributed by atoms with Crippen molar-refractivity contribution in [3.8, 4) is 5.75 Å². The summed E-state index contributed by atoms with van der Waals surface area (Å²) in [5.74, 6) is 0.276. The van der Waals surface area contributed by atoms with E-state index in [4.69, 9.17) is 11.5 Å². The Morgan fingerprint density at radius 3 is 2.38 bits per heavy atom. The van der Waals surface area contributed by atoms with Crippen LogP contribution in [0.4, 0.5) is 0 Å². The summed E-state index contributed by atoms with van der Waals surface area (Å²) < 4.78 is 0. The van der Waals surface area contributed by atoms with Crippen molar-refractivity contribution in [3.63, 3.8) is 0 Å². The summed E-state index contributed by atoms with van der Waals surface area (Å²) in [6.07, 6.45) is 0. The van der Waals surface area contributed by atoms with Gasteiger partial charge in [-0.1, -0.05) is 12.1 Å². The molecule has 3 heteroatoms. The average molecular weight is 180 g/mol. The maximum Gasteiger partial charge on any atom is 0.123 e. The predicted octanol–water partition coefficient (Wildman–Crippen LogP) is 0.968. The lowest BCUT2D eigenvalue weighted by Gasteiger charge is -2.15. The lowest BCUT2D eigenvalue weighted by Crippen LogP contribution is -2.21. The van der Waals surface area contributed by atoms with E-state index in [1.165, 1.54) is 0 Å². The standard InChI is InChI=1S/C10H16N2O/c1-6-3-4-7(2)10(13)9(6)8(12)5-11/h3-4,8,13H,5,11-12H2,1-2H3/t8-/m1/s1. The van der Waals surface area contributed by atoms with Crippen LogP contribution in [0.5, 0.6) is 5.75 Å². The number of phenolic OH excluding ortho intramolecular Hbond substituents is 1. The summed E-state index contributed by atoms with van der Waals surface area (Å²) in [5, 5.41) is 9.74.